The standard InChI is InChI=1S/C18H16O3/c1-13(19)18(14(2)20)12-15-7-6-10-17(11-15)21-16-8-4-3-5-9-16/h3-12H,1-2H3. The molecule has 0 bridgehead atoms. The van der Waals surface area contributed by atoms with Crippen LogP contribution in [0, 0.1) is 0 Å². The van der Waals surface area contributed by atoms with E-state index >= 15 is 0 Å². The van der Waals surface area contributed by atoms with Crippen molar-refractivity contribution in [1.82, 2.24) is 0 Å². The molecule has 106 valence electrons. The number of ether oxygens (including phenoxy) is 1. The SMILES string of the molecule is CC(=O)C(=Cc1cccc(Oc2ccccc2)c1)C(C)=O. The van der Waals surface area contributed by atoms with Crippen molar-refractivity contribution >= 4 is 17.6 Å². The lowest BCUT2D eigenvalue weighted by molar-refractivity contribution is -0.119. The highest BCUT2D eigenvalue weighted by Gasteiger charge is 2.09. The minimum atomic E-state index is -0.239. The van der Waals surface area contributed by atoms with E-state index in [1.807, 2.05) is 48.5 Å². The van der Waals surface area contributed by atoms with E-state index in [2.05, 4.69) is 0 Å². The lowest BCUT2D eigenvalue weighted by atomic mass is 10.0. The van der Waals surface area contributed by atoms with Crippen LogP contribution in [0.5, 0.6) is 11.5 Å². The van der Waals surface area contributed by atoms with Crippen LogP contribution in [0.2, 0.25) is 0 Å². The summed E-state index contributed by atoms with van der Waals surface area (Å²) in [4.78, 5) is 22.9. The molecule has 0 spiro atoms. The number of ketones is 2. The molecule has 21 heavy (non-hydrogen) atoms. The van der Waals surface area contributed by atoms with Gasteiger partial charge in [-0.05, 0) is 49.8 Å². The fraction of sp³-hybridized carbons (Fsp3) is 0.111. The van der Waals surface area contributed by atoms with Gasteiger partial charge in [0.25, 0.3) is 0 Å². The average molecular weight is 280 g/mol. The molecule has 0 aliphatic carbocycles. The van der Waals surface area contributed by atoms with Gasteiger partial charge in [0.05, 0.1) is 5.57 Å². The molecular formula is C18H16O3. The Morgan fingerprint density at radius 1 is 0.857 bits per heavy atom. The van der Waals surface area contributed by atoms with Crippen molar-refractivity contribution in [1.29, 1.82) is 0 Å². The van der Waals surface area contributed by atoms with Crippen LogP contribution < -0.4 is 4.74 Å². The first kappa shape index (κ1) is 14.7. The summed E-state index contributed by atoms with van der Waals surface area (Å²) in [5.74, 6) is 0.909. The van der Waals surface area contributed by atoms with Crippen LogP contribution in [0.25, 0.3) is 6.08 Å². The molecule has 0 aromatic heterocycles. The molecule has 0 fully saturated rings. The molecule has 0 atom stereocenters. The van der Waals surface area contributed by atoms with Gasteiger partial charge in [0.15, 0.2) is 11.6 Å². The molecule has 0 saturated carbocycles. The van der Waals surface area contributed by atoms with Crippen molar-refractivity contribution in [3.05, 3.63) is 65.7 Å². The largest absolute Gasteiger partial charge is 0.457 e. The summed E-state index contributed by atoms with van der Waals surface area (Å²) in [6.07, 6.45) is 1.59. The quantitative estimate of drug-likeness (QED) is 0.471. The summed E-state index contributed by atoms with van der Waals surface area (Å²) >= 11 is 0. The minimum absolute atomic E-state index is 0.187. The number of para-hydroxylation sites is 1. The highest BCUT2D eigenvalue weighted by Crippen LogP contribution is 2.23. The first-order chi connectivity index (χ1) is 10.1. The molecule has 0 saturated heterocycles. The lowest BCUT2D eigenvalue weighted by Crippen LogP contribution is -2.05. The van der Waals surface area contributed by atoms with Gasteiger partial charge in [-0.25, -0.2) is 0 Å². The smallest absolute Gasteiger partial charge is 0.163 e. The Balaban J connectivity index is 2.27. The zero-order valence-electron chi connectivity index (χ0n) is 12.0. The number of Topliss-reactive ketones (excluding diaryl/α,β-unsaturated/α-hetero) is 2. The van der Waals surface area contributed by atoms with E-state index in [1.54, 1.807) is 12.1 Å². The molecule has 0 radical (unpaired) electrons. The number of hydrogen-bond acceptors (Lipinski definition) is 3. The zero-order valence-corrected chi connectivity index (χ0v) is 12.0. The molecule has 3 heteroatoms. The predicted octanol–water partition coefficient (Wildman–Crippen LogP) is 4.04. The Kier molecular flexibility index (Phi) is 4.67. The van der Waals surface area contributed by atoms with Crippen LogP contribution in [0.3, 0.4) is 0 Å². The molecule has 0 amide bonds. The van der Waals surface area contributed by atoms with Crippen LogP contribution in [0.1, 0.15) is 19.4 Å². The van der Waals surface area contributed by atoms with Crippen molar-refractivity contribution in [3.8, 4) is 11.5 Å². The van der Waals surface area contributed by atoms with Crippen LogP contribution in [0.4, 0.5) is 0 Å². The normalized spacial score (nSPS) is 9.81. The van der Waals surface area contributed by atoms with Crippen molar-refractivity contribution in [2.75, 3.05) is 0 Å². The molecule has 0 unspecified atom stereocenters. The van der Waals surface area contributed by atoms with Crippen LogP contribution in [0.15, 0.2) is 60.2 Å². The topological polar surface area (TPSA) is 43.4 Å². The Bertz CT molecular complexity index is 669. The first-order valence-corrected chi connectivity index (χ1v) is 6.63. The summed E-state index contributed by atoms with van der Waals surface area (Å²) in [5.41, 5.74) is 0.940. The van der Waals surface area contributed by atoms with Crippen LogP contribution in [-0.2, 0) is 9.59 Å². The summed E-state index contributed by atoms with van der Waals surface area (Å²) in [6, 6.07) is 16.7. The number of hydrogen-bond donors (Lipinski definition) is 0. The fourth-order valence-corrected chi connectivity index (χ4v) is 1.91. The summed E-state index contributed by atoms with van der Waals surface area (Å²) in [6.45, 7) is 2.77. The van der Waals surface area contributed by atoms with Gasteiger partial charge < -0.3 is 4.74 Å². The predicted molar refractivity (Wildman–Crippen MR) is 82.3 cm³/mol. The van der Waals surface area contributed by atoms with Gasteiger partial charge in [0.2, 0.25) is 0 Å². The van der Waals surface area contributed by atoms with E-state index in [0.29, 0.717) is 5.75 Å². The zero-order chi connectivity index (χ0) is 15.2. The average Bonchev–Trinajstić information content (AvgIpc) is 2.45. The Morgan fingerprint density at radius 2 is 1.48 bits per heavy atom. The first-order valence-electron chi connectivity index (χ1n) is 6.63. The van der Waals surface area contributed by atoms with Gasteiger partial charge in [-0.2, -0.15) is 0 Å². The lowest BCUT2D eigenvalue weighted by Gasteiger charge is -2.06. The van der Waals surface area contributed by atoms with Gasteiger partial charge in [-0.15, -0.1) is 0 Å². The summed E-state index contributed by atoms with van der Waals surface area (Å²) in [7, 11) is 0. The molecule has 0 heterocycles. The van der Waals surface area contributed by atoms with Gasteiger partial charge in [-0.1, -0.05) is 30.3 Å². The summed E-state index contributed by atoms with van der Waals surface area (Å²) in [5, 5.41) is 0. The number of allylic oxidation sites excluding steroid dienone is 1. The molecule has 2 rings (SSSR count). The van der Waals surface area contributed by atoms with Gasteiger partial charge in [0, 0.05) is 0 Å². The second-order valence-electron chi connectivity index (χ2n) is 4.66. The maximum absolute atomic E-state index is 11.4. The van der Waals surface area contributed by atoms with E-state index in [9.17, 15) is 9.59 Å². The van der Waals surface area contributed by atoms with E-state index in [-0.39, 0.29) is 17.1 Å². The molecule has 2 aromatic rings. The van der Waals surface area contributed by atoms with Gasteiger partial charge in [-0.3, -0.25) is 9.59 Å². The van der Waals surface area contributed by atoms with Crippen LogP contribution >= 0.6 is 0 Å². The van der Waals surface area contributed by atoms with E-state index in [1.165, 1.54) is 13.8 Å². The highest BCUT2D eigenvalue weighted by molar-refractivity contribution is 6.21. The van der Waals surface area contributed by atoms with Crippen molar-refractivity contribution in [2.45, 2.75) is 13.8 Å². The molecule has 3 nitrogen and oxygen atoms in total. The molecule has 0 aliphatic heterocycles. The Labute approximate surface area is 123 Å². The number of rotatable bonds is 5. The second-order valence-corrected chi connectivity index (χ2v) is 4.66. The maximum atomic E-state index is 11.4. The van der Waals surface area contributed by atoms with Crippen molar-refractivity contribution in [2.24, 2.45) is 0 Å². The summed E-state index contributed by atoms with van der Waals surface area (Å²) < 4.78 is 5.72. The van der Waals surface area contributed by atoms with Crippen LogP contribution in [-0.4, -0.2) is 11.6 Å². The second kappa shape index (κ2) is 6.66. The number of carbonyl (C=O) groups is 2. The number of carbonyl (C=O) groups excluding carboxylic acids is 2. The fourth-order valence-electron chi connectivity index (χ4n) is 1.91. The monoisotopic (exact) mass is 280 g/mol. The maximum Gasteiger partial charge on any atom is 0.163 e. The van der Waals surface area contributed by atoms with Crippen molar-refractivity contribution < 1.29 is 14.3 Å². The third kappa shape index (κ3) is 4.14. The van der Waals surface area contributed by atoms with Gasteiger partial charge in [0.1, 0.15) is 11.5 Å². The van der Waals surface area contributed by atoms with E-state index < -0.39 is 0 Å². The van der Waals surface area contributed by atoms with Gasteiger partial charge >= 0.3 is 0 Å². The third-order valence-electron chi connectivity index (χ3n) is 2.91. The molecule has 0 aliphatic rings. The molecule has 0 N–H and O–H groups in total. The van der Waals surface area contributed by atoms with E-state index in [0.717, 1.165) is 11.3 Å². The third-order valence-corrected chi connectivity index (χ3v) is 2.91. The minimum Gasteiger partial charge on any atom is -0.457 e. The van der Waals surface area contributed by atoms with E-state index in [4.69, 9.17) is 4.74 Å². The molecular weight excluding hydrogens is 264 g/mol. The van der Waals surface area contributed by atoms with Crippen molar-refractivity contribution in [3.63, 3.8) is 0 Å². The molecule has 2 aromatic carbocycles. The Morgan fingerprint density at radius 3 is 2.10 bits per heavy atom. The highest BCUT2D eigenvalue weighted by atomic mass is 16.5. The number of benzene rings is 2. The Hall–Kier alpha value is -2.68.